The molecule has 0 saturated carbocycles. The summed E-state index contributed by atoms with van der Waals surface area (Å²) in [6.45, 7) is 0.444. The molecular weight excluding hydrogens is 261 g/mol. The summed E-state index contributed by atoms with van der Waals surface area (Å²) in [6, 6.07) is 3.92. The number of rotatable bonds is 1. The molecule has 1 aromatic rings. The summed E-state index contributed by atoms with van der Waals surface area (Å²) in [6.07, 6.45) is -0.535. The molecule has 0 spiro atoms. The highest BCUT2D eigenvalue weighted by atomic mass is 35.5. The smallest absolute Gasteiger partial charge is 0.407 e. The second-order valence-corrected chi connectivity index (χ2v) is 4.90. The summed E-state index contributed by atoms with van der Waals surface area (Å²) in [5.74, 6) is -0.508. The van der Waals surface area contributed by atoms with Gasteiger partial charge in [-0.1, -0.05) is 11.6 Å². The highest BCUT2D eigenvalue weighted by Gasteiger charge is 2.35. The number of carboxylic acid groups (broad SMARTS) is 1. The SMILES string of the molecule is O=C(O)N1CCC(O)(c2cc(F)cc(Cl)c2)CC1. The molecule has 98 valence electrons. The van der Waals surface area contributed by atoms with Crippen LogP contribution in [0.1, 0.15) is 18.4 Å². The van der Waals surface area contributed by atoms with Crippen molar-refractivity contribution in [1.29, 1.82) is 0 Å². The number of halogens is 2. The summed E-state index contributed by atoms with van der Waals surface area (Å²) in [4.78, 5) is 12.0. The maximum atomic E-state index is 13.3. The fraction of sp³-hybridized carbons (Fsp3) is 0.417. The zero-order chi connectivity index (χ0) is 13.3. The Bertz CT molecular complexity index is 452. The average molecular weight is 274 g/mol. The first kappa shape index (κ1) is 13.1. The zero-order valence-electron chi connectivity index (χ0n) is 9.57. The van der Waals surface area contributed by atoms with Crippen molar-refractivity contribution < 1.29 is 19.4 Å². The summed E-state index contributed by atoms with van der Waals surface area (Å²) < 4.78 is 13.3. The van der Waals surface area contributed by atoms with E-state index in [-0.39, 0.29) is 31.0 Å². The Morgan fingerprint density at radius 1 is 1.33 bits per heavy atom. The molecule has 0 aromatic heterocycles. The molecule has 0 unspecified atom stereocenters. The Labute approximate surface area is 109 Å². The molecule has 1 aliphatic heterocycles. The van der Waals surface area contributed by atoms with Gasteiger partial charge in [0.25, 0.3) is 0 Å². The van der Waals surface area contributed by atoms with Crippen LogP contribution in [0.15, 0.2) is 18.2 Å². The molecule has 1 fully saturated rings. The summed E-state index contributed by atoms with van der Waals surface area (Å²) >= 11 is 5.75. The number of hydrogen-bond acceptors (Lipinski definition) is 2. The molecule has 6 heteroatoms. The third-order valence-corrected chi connectivity index (χ3v) is 3.48. The van der Waals surface area contributed by atoms with Crippen LogP contribution in [-0.2, 0) is 5.60 Å². The van der Waals surface area contributed by atoms with E-state index in [0.717, 1.165) is 0 Å². The van der Waals surface area contributed by atoms with Crippen LogP contribution in [0.3, 0.4) is 0 Å². The van der Waals surface area contributed by atoms with E-state index in [4.69, 9.17) is 16.7 Å². The van der Waals surface area contributed by atoms with Crippen molar-refractivity contribution in [3.05, 3.63) is 34.6 Å². The van der Waals surface area contributed by atoms with Crippen LogP contribution >= 0.6 is 11.6 Å². The monoisotopic (exact) mass is 273 g/mol. The van der Waals surface area contributed by atoms with E-state index in [9.17, 15) is 14.3 Å². The van der Waals surface area contributed by atoms with Gasteiger partial charge in [0.15, 0.2) is 0 Å². The predicted octanol–water partition coefficient (Wildman–Crippen LogP) is 2.44. The van der Waals surface area contributed by atoms with Crippen LogP contribution in [-0.4, -0.2) is 34.3 Å². The van der Waals surface area contributed by atoms with Gasteiger partial charge in [-0.05, 0) is 36.6 Å². The van der Waals surface area contributed by atoms with Gasteiger partial charge >= 0.3 is 6.09 Å². The number of aliphatic hydroxyl groups is 1. The lowest BCUT2D eigenvalue weighted by atomic mass is 9.84. The second kappa shape index (κ2) is 4.74. The van der Waals surface area contributed by atoms with Crippen molar-refractivity contribution in [2.75, 3.05) is 13.1 Å². The van der Waals surface area contributed by atoms with Crippen LogP contribution < -0.4 is 0 Å². The maximum Gasteiger partial charge on any atom is 0.407 e. The van der Waals surface area contributed by atoms with Gasteiger partial charge in [-0.3, -0.25) is 0 Å². The first-order valence-electron chi connectivity index (χ1n) is 5.57. The van der Waals surface area contributed by atoms with E-state index in [2.05, 4.69) is 0 Å². The van der Waals surface area contributed by atoms with Gasteiger partial charge in [0.2, 0.25) is 0 Å². The lowest BCUT2D eigenvalue weighted by Crippen LogP contribution is -2.44. The van der Waals surface area contributed by atoms with Crippen molar-refractivity contribution in [2.45, 2.75) is 18.4 Å². The summed E-state index contributed by atoms with van der Waals surface area (Å²) in [5.41, 5.74) is -0.810. The lowest BCUT2D eigenvalue weighted by Gasteiger charge is -2.37. The largest absolute Gasteiger partial charge is 0.465 e. The highest BCUT2D eigenvalue weighted by Crippen LogP contribution is 2.34. The van der Waals surface area contributed by atoms with Crippen molar-refractivity contribution in [1.82, 2.24) is 4.90 Å². The molecule has 0 aliphatic carbocycles. The molecule has 1 heterocycles. The Kier molecular flexibility index (Phi) is 3.45. The summed E-state index contributed by atoms with van der Waals surface area (Å²) in [5, 5.41) is 19.5. The van der Waals surface area contributed by atoms with E-state index in [1.54, 1.807) is 0 Å². The number of piperidine rings is 1. The van der Waals surface area contributed by atoms with E-state index >= 15 is 0 Å². The Morgan fingerprint density at radius 3 is 2.44 bits per heavy atom. The molecular formula is C12H13ClFNO3. The van der Waals surface area contributed by atoms with E-state index in [1.807, 2.05) is 0 Å². The minimum absolute atomic E-state index is 0.221. The topological polar surface area (TPSA) is 60.8 Å². The van der Waals surface area contributed by atoms with Crippen molar-refractivity contribution >= 4 is 17.7 Å². The van der Waals surface area contributed by atoms with Gasteiger partial charge in [0, 0.05) is 18.1 Å². The minimum Gasteiger partial charge on any atom is -0.465 e. The average Bonchev–Trinajstić information content (AvgIpc) is 2.28. The molecule has 0 atom stereocenters. The van der Waals surface area contributed by atoms with Crippen LogP contribution in [0, 0.1) is 5.82 Å². The molecule has 1 aromatic carbocycles. The Balaban J connectivity index is 2.20. The van der Waals surface area contributed by atoms with Gasteiger partial charge in [0.1, 0.15) is 5.82 Å². The standard InChI is InChI=1S/C12H13ClFNO3/c13-9-5-8(6-10(14)7-9)12(18)1-3-15(4-2-12)11(16)17/h5-7,18H,1-4H2,(H,16,17). The molecule has 1 amide bonds. The maximum absolute atomic E-state index is 13.3. The molecule has 2 N–H and O–H groups in total. The highest BCUT2D eigenvalue weighted by molar-refractivity contribution is 6.30. The van der Waals surface area contributed by atoms with Crippen LogP contribution in [0.2, 0.25) is 5.02 Å². The third-order valence-electron chi connectivity index (χ3n) is 3.26. The van der Waals surface area contributed by atoms with Gasteiger partial charge in [0.05, 0.1) is 5.60 Å². The van der Waals surface area contributed by atoms with E-state index < -0.39 is 17.5 Å². The number of nitrogens with zero attached hydrogens (tertiary/aromatic N) is 1. The third kappa shape index (κ3) is 2.57. The molecule has 2 rings (SSSR count). The molecule has 0 bridgehead atoms. The zero-order valence-corrected chi connectivity index (χ0v) is 10.3. The number of amides is 1. The van der Waals surface area contributed by atoms with E-state index in [1.165, 1.54) is 23.1 Å². The predicted molar refractivity (Wildman–Crippen MR) is 64.1 cm³/mol. The number of likely N-dealkylation sites (tertiary alicyclic amines) is 1. The molecule has 1 saturated heterocycles. The van der Waals surface area contributed by atoms with Gasteiger partial charge in [-0.25, -0.2) is 9.18 Å². The number of benzene rings is 1. The quantitative estimate of drug-likeness (QED) is 0.826. The van der Waals surface area contributed by atoms with Crippen molar-refractivity contribution in [3.63, 3.8) is 0 Å². The van der Waals surface area contributed by atoms with Crippen molar-refractivity contribution in [3.8, 4) is 0 Å². The van der Waals surface area contributed by atoms with Crippen LogP contribution in [0.25, 0.3) is 0 Å². The first-order valence-corrected chi connectivity index (χ1v) is 5.95. The van der Waals surface area contributed by atoms with Crippen LogP contribution in [0.4, 0.5) is 9.18 Å². The van der Waals surface area contributed by atoms with Gasteiger partial charge in [-0.15, -0.1) is 0 Å². The fourth-order valence-electron chi connectivity index (χ4n) is 2.18. The summed E-state index contributed by atoms with van der Waals surface area (Å²) in [7, 11) is 0. The number of hydrogen-bond donors (Lipinski definition) is 2. The normalized spacial score (nSPS) is 18.7. The number of carbonyl (C=O) groups is 1. The first-order chi connectivity index (χ1) is 8.40. The lowest BCUT2D eigenvalue weighted by molar-refractivity contribution is -0.0215. The molecule has 4 nitrogen and oxygen atoms in total. The molecule has 18 heavy (non-hydrogen) atoms. The minimum atomic E-state index is -1.21. The van der Waals surface area contributed by atoms with Crippen molar-refractivity contribution in [2.24, 2.45) is 0 Å². The fourth-order valence-corrected chi connectivity index (χ4v) is 2.40. The Hall–Kier alpha value is -1.33. The second-order valence-electron chi connectivity index (χ2n) is 4.46. The Morgan fingerprint density at radius 2 is 1.94 bits per heavy atom. The van der Waals surface area contributed by atoms with Gasteiger partial charge in [-0.2, -0.15) is 0 Å². The molecule has 0 radical (unpaired) electrons. The van der Waals surface area contributed by atoms with Crippen LogP contribution in [0.5, 0.6) is 0 Å². The molecule has 1 aliphatic rings. The van der Waals surface area contributed by atoms with E-state index in [0.29, 0.717) is 5.56 Å². The van der Waals surface area contributed by atoms with Gasteiger partial charge < -0.3 is 15.1 Å².